The molecule has 0 spiro atoms. The number of aliphatic carboxylic acids is 1. The highest BCUT2D eigenvalue weighted by Gasteiger charge is 2.22. The average molecular weight is 681 g/mol. The number of aromatic hydroxyl groups is 1. The van der Waals surface area contributed by atoms with Crippen molar-refractivity contribution in [1.29, 1.82) is 0 Å². The van der Waals surface area contributed by atoms with E-state index in [1.807, 2.05) is 30.3 Å². The zero-order chi connectivity index (χ0) is 33.7. The highest BCUT2D eigenvalue weighted by Crippen LogP contribution is 2.33. The van der Waals surface area contributed by atoms with Gasteiger partial charge < -0.3 is 34.1 Å². The van der Waals surface area contributed by atoms with E-state index in [2.05, 4.69) is 9.97 Å². The van der Waals surface area contributed by atoms with Gasteiger partial charge >= 0.3 is 5.97 Å². The average Bonchev–Trinajstić information content (AvgIpc) is 3.64. The van der Waals surface area contributed by atoms with Gasteiger partial charge in [-0.2, -0.15) is 9.78 Å². The van der Waals surface area contributed by atoms with Crippen molar-refractivity contribution in [2.75, 3.05) is 52.9 Å². The number of fused-ring (bicyclic) bond motifs is 1. The second-order valence-electron chi connectivity index (χ2n) is 11.0. The molecule has 0 saturated carbocycles. The summed E-state index contributed by atoms with van der Waals surface area (Å²) in [6.45, 7) is 2.57. The normalized spacial score (nSPS) is 11.5. The smallest absolute Gasteiger partial charge is 0.329 e. The van der Waals surface area contributed by atoms with E-state index < -0.39 is 5.97 Å². The number of ether oxygens (including phenoxy) is 4. The van der Waals surface area contributed by atoms with Gasteiger partial charge in [0.05, 0.1) is 50.7 Å². The van der Waals surface area contributed by atoms with Crippen LogP contribution in [0.5, 0.6) is 5.88 Å². The number of aromatic amines is 1. The van der Waals surface area contributed by atoms with Crippen LogP contribution in [-0.2, 0) is 43.0 Å². The van der Waals surface area contributed by atoms with Crippen molar-refractivity contribution in [3.8, 4) is 23.1 Å². The van der Waals surface area contributed by atoms with Crippen LogP contribution in [0.2, 0.25) is 5.02 Å². The molecule has 48 heavy (non-hydrogen) atoms. The minimum absolute atomic E-state index is 0.0161. The largest absolute Gasteiger partial charge is 0.493 e. The van der Waals surface area contributed by atoms with Crippen molar-refractivity contribution in [1.82, 2.24) is 19.7 Å². The van der Waals surface area contributed by atoms with Gasteiger partial charge in [0, 0.05) is 22.8 Å². The Morgan fingerprint density at radius 2 is 1.44 bits per heavy atom. The molecule has 0 aliphatic heterocycles. The lowest BCUT2D eigenvalue weighted by molar-refractivity contribution is -0.142. The summed E-state index contributed by atoms with van der Waals surface area (Å²) < 4.78 is 36.2. The molecule has 13 heteroatoms. The predicted molar refractivity (Wildman–Crippen MR) is 178 cm³/mol. The zero-order valence-corrected chi connectivity index (χ0v) is 27.1. The van der Waals surface area contributed by atoms with Crippen LogP contribution in [0.25, 0.3) is 28.2 Å². The zero-order valence-electron chi connectivity index (χ0n) is 26.4. The number of halogens is 2. The van der Waals surface area contributed by atoms with Crippen molar-refractivity contribution in [3.63, 3.8) is 0 Å². The molecule has 0 saturated heterocycles. The first kappa shape index (κ1) is 35.0. The third-order valence-electron chi connectivity index (χ3n) is 7.49. The molecule has 2 aromatic heterocycles. The summed E-state index contributed by atoms with van der Waals surface area (Å²) in [6.07, 6.45) is 2.74. The van der Waals surface area contributed by atoms with Gasteiger partial charge in [-0.15, -0.1) is 0 Å². The van der Waals surface area contributed by atoms with Gasteiger partial charge in [0.1, 0.15) is 18.1 Å². The Morgan fingerprint density at radius 1 is 0.812 bits per heavy atom. The number of carboxylic acid groups (broad SMARTS) is 1. The second-order valence-corrected chi connectivity index (χ2v) is 11.4. The summed E-state index contributed by atoms with van der Waals surface area (Å²) in [7, 11) is 0. The molecule has 0 unspecified atom stereocenters. The minimum Gasteiger partial charge on any atom is -0.493 e. The van der Waals surface area contributed by atoms with E-state index in [0.717, 1.165) is 35.0 Å². The van der Waals surface area contributed by atoms with Gasteiger partial charge in [0.15, 0.2) is 0 Å². The molecule has 0 fully saturated rings. The molecule has 0 aliphatic carbocycles. The van der Waals surface area contributed by atoms with Crippen molar-refractivity contribution >= 4 is 28.6 Å². The number of carbonyl (C=O) groups is 1. The summed E-state index contributed by atoms with van der Waals surface area (Å²) in [4.78, 5) is 18.2. The van der Waals surface area contributed by atoms with Gasteiger partial charge in [0.2, 0.25) is 11.8 Å². The van der Waals surface area contributed by atoms with Crippen LogP contribution in [-0.4, -0.2) is 88.8 Å². The molecule has 0 aliphatic rings. The van der Waals surface area contributed by atoms with E-state index in [4.69, 9.17) is 40.8 Å². The Kier molecular flexibility index (Phi) is 12.9. The summed E-state index contributed by atoms with van der Waals surface area (Å²) in [5.41, 5.74) is 5.68. The number of nitrogens with zero attached hydrogens (tertiary/aromatic N) is 3. The first-order chi connectivity index (χ1) is 23.4. The fourth-order valence-electron chi connectivity index (χ4n) is 5.06. The summed E-state index contributed by atoms with van der Waals surface area (Å²) in [5.74, 6) is -0.943. The van der Waals surface area contributed by atoms with Crippen LogP contribution >= 0.6 is 11.6 Å². The lowest BCUT2D eigenvalue weighted by Crippen LogP contribution is -2.14. The fourth-order valence-corrected chi connectivity index (χ4v) is 5.23. The standard InChI is InChI=1S/C35H38ClFN4O7/c36-27-10-14-30-31(22-27)39-35(38-30)41-34(44)29(13-7-25-5-11-28(37)12-6-25)33(40-41)26-8-3-24(4-9-26)2-1-15-45-16-17-46-18-19-47-20-21-48-23-32(42)43/h3-6,8-12,14,22,44H,1-2,7,13,15-21,23H2,(H,38,39)(H,42,43). The summed E-state index contributed by atoms with van der Waals surface area (Å²) in [6, 6.07) is 19.8. The molecular weight excluding hydrogens is 643 g/mol. The Hall–Kier alpha value is -4.33. The first-order valence-electron chi connectivity index (χ1n) is 15.7. The Bertz CT molecular complexity index is 1760. The molecule has 2 heterocycles. The number of carboxylic acids is 1. The Balaban J connectivity index is 1.13. The first-order valence-corrected chi connectivity index (χ1v) is 16.1. The van der Waals surface area contributed by atoms with Gasteiger partial charge in [-0.05, 0) is 67.1 Å². The second kappa shape index (κ2) is 17.7. The van der Waals surface area contributed by atoms with E-state index in [1.54, 1.807) is 24.3 Å². The maximum atomic E-state index is 13.5. The molecule has 3 aromatic carbocycles. The number of aromatic nitrogens is 4. The van der Waals surface area contributed by atoms with Crippen molar-refractivity contribution in [3.05, 3.63) is 94.3 Å². The van der Waals surface area contributed by atoms with Crippen LogP contribution in [0.4, 0.5) is 4.39 Å². The minimum atomic E-state index is -1.00. The molecule has 3 N–H and O–H groups in total. The molecule has 0 radical (unpaired) electrons. The van der Waals surface area contributed by atoms with Gasteiger partial charge in [-0.3, -0.25) is 0 Å². The van der Waals surface area contributed by atoms with Crippen molar-refractivity contribution in [2.45, 2.75) is 25.7 Å². The Morgan fingerprint density at radius 3 is 2.12 bits per heavy atom. The lowest BCUT2D eigenvalue weighted by Gasteiger charge is -2.08. The number of nitrogens with one attached hydrogen (secondary N) is 1. The van der Waals surface area contributed by atoms with Crippen LogP contribution in [0.1, 0.15) is 23.1 Å². The lowest BCUT2D eigenvalue weighted by atomic mass is 9.99. The molecule has 11 nitrogen and oxygen atoms in total. The van der Waals surface area contributed by atoms with E-state index >= 15 is 0 Å². The highest BCUT2D eigenvalue weighted by atomic mass is 35.5. The molecular formula is C35H38ClFN4O7. The number of imidazole rings is 1. The topological polar surface area (TPSA) is 141 Å². The van der Waals surface area contributed by atoms with Crippen LogP contribution in [0.3, 0.4) is 0 Å². The molecule has 254 valence electrons. The third kappa shape index (κ3) is 10.1. The van der Waals surface area contributed by atoms with E-state index in [1.165, 1.54) is 16.8 Å². The monoisotopic (exact) mass is 680 g/mol. The van der Waals surface area contributed by atoms with Crippen molar-refractivity contribution in [2.24, 2.45) is 0 Å². The van der Waals surface area contributed by atoms with E-state index in [0.29, 0.717) is 80.2 Å². The van der Waals surface area contributed by atoms with Crippen LogP contribution in [0, 0.1) is 5.82 Å². The molecule has 0 amide bonds. The number of aryl methyl sites for hydroxylation is 2. The van der Waals surface area contributed by atoms with Crippen molar-refractivity contribution < 1.29 is 38.3 Å². The highest BCUT2D eigenvalue weighted by molar-refractivity contribution is 6.31. The third-order valence-corrected chi connectivity index (χ3v) is 7.72. The fraction of sp³-hybridized carbons (Fsp3) is 0.343. The quantitative estimate of drug-likeness (QED) is 0.0872. The summed E-state index contributed by atoms with van der Waals surface area (Å²) >= 11 is 6.15. The number of benzene rings is 3. The van der Waals surface area contributed by atoms with Crippen LogP contribution in [0.15, 0.2) is 66.7 Å². The predicted octanol–water partition coefficient (Wildman–Crippen LogP) is 5.78. The maximum absolute atomic E-state index is 13.5. The van der Waals surface area contributed by atoms with E-state index in [9.17, 15) is 14.3 Å². The number of hydrogen-bond acceptors (Lipinski definition) is 8. The molecule has 5 rings (SSSR count). The maximum Gasteiger partial charge on any atom is 0.329 e. The molecule has 0 atom stereocenters. The van der Waals surface area contributed by atoms with E-state index in [-0.39, 0.29) is 24.9 Å². The van der Waals surface area contributed by atoms with Gasteiger partial charge in [0.25, 0.3) is 0 Å². The van der Waals surface area contributed by atoms with Gasteiger partial charge in [-0.1, -0.05) is 48.0 Å². The number of rotatable bonds is 20. The number of H-pyrrole nitrogens is 1. The molecule has 0 bridgehead atoms. The van der Waals surface area contributed by atoms with Crippen LogP contribution < -0.4 is 0 Å². The Labute approximate surface area is 282 Å². The molecule has 5 aromatic rings. The van der Waals surface area contributed by atoms with Gasteiger partial charge in [-0.25, -0.2) is 14.2 Å². The summed E-state index contributed by atoms with van der Waals surface area (Å²) in [5, 5.41) is 25.2. The number of hydrogen-bond donors (Lipinski definition) is 3. The SMILES string of the molecule is O=C(O)COCCOCCOCCOCCCc1ccc(-c2nn(-c3nc4cc(Cl)ccc4[nH]3)c(O)c2CCc2ccc(F)cc2)cc1.